The molecule has 0 heterocycles. The first-order valence-electron chi connectivity index (χ1n) is 6.43. The van der Waals surface area contributed by atoms with Gasteiger partial charge in [-0.25, -0.2) is 4.99 Å². The second kappa shape index (κ2) is 7.82. The average molecular weight is 328 g/mol. The summed E-state index contributed by atoms with van der Waals surface area (Å²) in [5.41, 5.74) is -0.0627. The van der Waals surface area contributed by atoms with E-state index < -0.39 is 4.92 Å². The van der Waals surface area contributed by atoms with E-state index in [9.17, 15) is 10.1 Å². The minimum Gasteiger partial charge on any atom is -0.457 e. The fraction of sp³-hybridized carbons (Fsp3) is 0.0667. The highest BCUT2D eigenvalue weighted by Gasteiger charge is 2.16. The molecule has 0 aliphatic rings. The Balaban J connectivity index is 2.35. The van der Waals surface area contributed by atoms with Gasteiger partial charge in [0.1, 0.15) is 17.2 Å². The van der Waals surface area contributed by atoms with Crippen LogP contribution in [0, 0.1) is 21.6 Å². The van der Waals surface area contributed by atoms with Gasteiger partial charge in [-0.3, -0.25) is 15.4 Å². The first-order valence-corrected chi connectivity index (χ1v) is 7.65. The van der Waals surface area contributed by atoms with E-state index in [1.165, 1.54) is 23.9 Å². The topological polar surface area (TPSA) is 101 Å². The van der Waals surface area contributed by atoms with Crippen molar-refractivity contribution in [3.05, 3.63) is 58.6 Å². The molecule has 0 saturated carbocycles. The third kappa shape index (κ3) is 4.46. The highest BCUT2D eigenvalue weighted by molar-refractivity contribution is 8.13. The molecule has 23 heavy (non-hydrogen) atoms. The quantitative estimate of drug-likeness (QED) is 0.229. The molecule has 0 fully saturated rings. The summed E-state index contributed by atoms with van der Waals surface area (Å²) < 4.78 is 5.58. The number of nitrogens with zero attached hydrogens (tertiary/aromatic N) is 3. The van der Waals surface area contributed by atoms with Crippen molar-refractivity contribution in [2.24, 2.45) is 4.99 Å². The van der Waals surface area contributed by atoms with Crippen LogP contribution in [0.4, 0.5) is 11.4 Å². The van der Waals surface area contributed by atoms with Gasteiger partial charge >= 0.3 is 0 Å². The van der Waals surface area contributed by atoms with Gasteiger partial charge in [-0.2, -0.15) is 5.26 Å². The number of hydrogen-bond acceptors (Lipinski definition) is 6. The number of thioether (sulfide) groups is 1. The van der Waals surface area contributed by atoms with Crippen molar-refractivity contribution in [3.8, 4) is 17.7 Å². The van der Waals surface area contributed by atoms with Gasteiger partial charge in [-0.1, -0.05) is 30.0 Å². The van der Waals surface area contributed by atoms with Crippen molar-refractivity contribution in [3.63, 3.8) is 0 Å². The minimum absolute atomic E-state index is 0.141. The van der Waals surface area contributed by atoms with E-state index in [0.717, 1.165) is 0 Å². The van der Waals surface area contributed by atoms with E-state index >= 15 is 0 Å². The van der Waals surface area contributed by atoms with Crippen LogP contribution in [0.15, 0.2) is 53.5 Å². The maximum absolute atomic E-state index is 11.2. The molecular weight excluding hydrogens is 316 g/mol. The molecule has 0 amide bonds. The van der Waals surface area contributed by atoms with Crippen LogP contribution in [0.1, 0.15) is 0 Å². The normalized spacial score (nSPS) is 10.7. The summed E-state index contributed by atoms with van der Waals surface area (Å²) in [6.07, 6.45) is 3.45. The molecule has 7 nitrogen and oxygen atoms in total. The Labute approximate surface area is 136 Å². The summed E-state index contributed by atoms with van der Waals surface area (Å²) >= 11 is 1.18. The molecule has 1 N–H and O–H groups in total. The number of amidine groups is 1. The van der Waals surface area contributed by atoms with Crippen molar-refractivity contribution in [1.29, 1.82) is 5.26 Å². The van der Waals surface area contributed by atoms with Crippen LogP contribution in [0.3, 0.4) is 0 Å². The summed E-state index contributed by atoms with van der Waals surface area (Å²) in [4.78, 5) is 14.8. The van der Waals surface area contributed by atoms with Gasteiger partial charge in [0.15, 0.2) is 11.4 Å². The largest absolute Gasteiger partial charge is 0.457 e. The van der Waals surface area contributed by atoms with Crippen molar-refractivity contribution < 1.29 is 9.66 Å². The Bertz CT molecular complexity index is 772. The van der Waals surface area contributed by atoms with Crippen LogP contribution in [0.25, 0.3) is 0 Å². The van der Waals surface area contributed by atoms with E-state index in [4.69, 9.17) is 10.00 Å². The Kier molecular flexibility index (Phi) is 5.55. The van der Waals surface area contributed by atoms with E-state index in [0.29, 0.717) is 11.5 Å². The molecule has 0 atom stereocenters. The molecule has 8 heteroatoms. The summed E-state index contributed by atoms with van der Waals surface area (Å²) in [6.45, 7) is 0. The monoisotopic (exact) mass is 328 g/mol. The van der Waals surface area contributed by atoms with E-state index in [2.05, 4.69) is 10.3 Å². The molecule has 0 spiro atoms. The fourth-order valence-corrected chi connectivity index (χ4v) is 2.05. The standard InChI is InChI=1S/C15H12N4O3S/c1-23-15(17-10-16)18-13-8-7-12(9-14(13)19(20)21)22-11-5-3-2-4-6-11/h2-9H,1H3,(H,17,18). The number of nitrogens with one attached hydrogen (secondary N) is 1. The highest BCUT2D eigenvalue weighted by atomic mass is 32.2. The number of ether oxygens (including phenoxy) is 1. The van der Waals surface area contributed by atoms with Gasteiger partial charge in [0.25, 0.3) is 5.69 Å². The second-order valence-electron chi connectivity index (χ2n) is 4.18. The fourth-order valence-electron chi connectivity index (χ4n) is 1.71. The summed E-state index contributed by atoms with van der Waals surface area (Å²) in [5.74, 6) is 0.912. The van der Waals surface area contributed by atoms with Gasteiger partial charge in [-0.15, -0.1) is 0 Å². The number of aliphatic imine (C=N–C) groups is 1. The van der Waals surface area contributed by atoms with Crippen LogP contribution in [-0.2, 0) is 0 Å². The Morgan fingerprint density at radius 1 is 1.30 bits per heavy atom. The van der Waals surface area contributed by atoms with E-state index in [1.807, 2.05) is 6.07 Å². The molecule has 0 radical (unpaired) electrons. The smallest absolute Gasteiger partial charge is 0.298 e. The van der Waals surface area contributed by atoms with E-state index in [1.54, 1.807) is 42.8 Å². The Morgan fingerprint density at radius 2 is 2.04 bits per heavy atom. The molecule has 0 aliphatic heterocycles. The number of nitriles is 1. The number of nitro benzene ring substituents is 1. The number of nitro groups is 1. The molecule has 0 bridgehead atoms. The molecule has 0 saturated heterocycles. The molecular formula is C15H12N4O3S. The lowest BCUT2D eigenvalue weighted by Crippen LogP contribution is -2.12. The molecule has 2 aromatic rings. The summed E-state index contributed by atoms with van der Waals surface area (Å²) in [7, 11) is 0. The van der Waals surface area contributed by atoms with Crippen molar-refractivity contribution in [2.75, 3.05) is 6.26 Å². The number of hydrogen-bond donors (Lipinski definition) is 1. The van der Waals surface area contributed by atoms with Crippen molar-refractivity contribution >= 4 is 28.3 Å². The zero-order valence-corrected chi connectivity index (χ0v) is 12.9. The third-order valence-electron chi connectivity index (χ3n) is 2.70. The minimum atomic E-state index is -0.541. The number of rotatable bonds is 4. The first-order chi connectivity index (χ1) is 11.1. The molecule has 0 aliphatic carbocycles. The summed E-state index contributed by atoms with van der Waals surface area (Å²) in [6, 6.07) is 13.3. The zero-order valence-electron chi connectivity index (χ0n) is 12.1. The lowest BCUT2D eigenvalue weighted by atomic mass is 10.2. The van der Waals surface area contributed by atoms with Crippen LogP contribution < -0.4 is 10.1 Å². The van der Waals surface area contributed by atoms with E-state index in [-0.39, 0.29) is 16.5 Å². The lowest BCUT2D eigenvalue weighted by Gasteiger charge is -2.06. The molecule has 0 aromatic heterocycles. The predicted molar refractivity (Wildman–Crippen MR) is 89.0 cm³/mol. The van der Waals surface area contributed by atoms with Crippen LogP contribution >= 0.6 is 11.8 Å². The molecule has 2 aromatic carbocycles. The predicted octanol–water partition coefficient (Wildman–Crippen LogP) is 3.81. The number of para-hydroxylation sites is 1. The second-order valence-corrected chi connectivity index (χ2v) is 4.98. The van der Waals surface area contributed by atoms with Crippen LogP contribution in [-0.4, -0.2) is 16.3 Å². The first kappa shape index (κ1) is 16.3. The van der Waals surface area contributed by atoms with Crippen LogP contribution in [0.5, 0.6) is 11.5 Å². The maximum Gasteiger partial charge on any atom is 0.298 e. The lowest BCUT2D eigenvalue weighted by molar-refractivity contribution is -0.384. The van der Waals surface area contributed by atoms with Crippen molar-refractivity contribution in [2.45, 2.75) is 0 Å². The Hall–Kier alpha value is -3.05. The zero-order chi connectivity index (χ0) is 16.7. The van der Waals surface area contributed by atoms with Gasteiger partial charge in [-0.05, 0) is 30.5 Å². The Morgan fingerprint density at radius 3 is 2.65 bits per heavy atom. The van der Waals surface area contributed by atoms with Gasteiger partial charge in [0, 0.05) is 0 Å². The van der Waals surface area contributed by atoms with Gasteiger partial charge < -0.3 is 4.74 Å². The molecule has 116 valence electrons. The van der Waals surface area contributed by atoms with Gasteiger partial charge in [0.2, 0.25) is 0 Å². The maximum atomic E-state index is 11.2. The summed E-state index contributed by atoms with van der Waals surface area (Å²) in [5, 5.41) is 22.5. The molecule has 0 unspecified atom stereocenters. The average Bonchev–Trinajstić information content (AvgIpc) is 2.56. The van der Waals surface area contributed by atoms with Gasteiger partial charge in [0.05, 0.1) is 11.0 Å². The van der Waals surface area contributed by atoms with Crippen molar-refractivity contribution in [1.82, 2.24) is 5.32 Å². The van der Waals surface area contributed by atoms with Crippen LogP contribution in [0.2, 0.25) is 0 Å². The number of benzene rings is 2. The highest BCUT2D eigenvalue weighted by Crippen LogP contribution is 2.33. The molecule has 2 rings (SSSR count). The SMILES string of the molecule is CSC(=Nc1ccc(Oc2ccccc2)cc1[N+](=O)[O-])NC#N. The third-order valence-corrected chi connectivity index (χ3v) is 3.28.